The van der Waals surface area contributed by atoms with Gasteiger partial charge in [-0.25, -0.2) is 4.98 Å². The van der Waals surface area contributed by atoms with E-state index in [4.69, 9.17) is 9.47 Å². The predicted molar refractivity (Wildman–Crippen MR) is 72.1 cm³/mol. The second-order valence-corrected chi connectivity index (χ2v) is 4.46. The molecular weight excluding hydrogens is 242 g/mol. The Morgan fingerprint density at radius 1 is 1.37 bits per heavy atom. The van der Waals surface area contributed by atoms with Gasteiger partial charge in [0.05, 0.1) is 38.3 Å². The van der Waals surface area contributed by atoms with Gasteiger partial charge in [-0.15, -0.1) is 0 Å². The molecule has 1 saturated heterocycles. The summed E-state index contributed by atoms with van der Waals surface area (Å²) in [6.45, 7) is 2.27. The molecule has 2 aromatic rings. The third kappa shape index (κ3) is 2.47. The second-order valence-electron chi connectivity index (χ2n) is 4.46. The number of imidazole rings is 1. The van der Waals surface area contributed by atoms with Gasteiger partial charge in [0.2, 0.25) is 0 Å². The number of ether oxygens (including phenoxy) is 2. The van der Waals surface area contributed by atoms with Gasteiger partial charge in [0.25, 0.3) is 0 Å². The Morgan fingerprint density at radius 3 is 3.05 bits per heavy atom. The van der Waals surface area contributed by atoms with E-state index in [1.807, 2.05) is 30.5 Å². The zero-order valence-corrected chi connectivity index (χ0v) is 10.8. The first-order chi connectivity index (χ1) is 9.38. The molecule has 0 amide bonds. The lowest BCUT2D eigenvalue weighted by Crippen LogP contribution is -2.35. The van der Waals surface area contributed by atoms with Crippen LogP contribution in [0.15, 0.2) is 30.5 Å². The maximum Gasteiger partial charge on any atom is 0.128 e. The summed E-state index contributed by atoms with van der Waals surface area (Å²) < 4.78 is 10.8. The summed E-state index contributed by atoms with van der Waals surface area (Å²) in [5, 5.41) is 3.38. The lowest BCUT2D eigenvalue weighted by atomic mass is 10.1. The Bertz CT molecular complexity index is 547. The summed E-state index contributed by atoms with van der Waals surface area (Å²) >= 11 is 0. The highest BCUT2D eigenvalue weighted by Crippen LogP contribution is 2.28. The molecule has 1 aliphatic heterocycles. The van der Waals surface area contributed by atoms with Crippen LogP contribution in [0.1, 0.15) is 11.9 Å². The molecular formula is C14H17N3O2. The third-order valence-electron chi connectivity index (χ3n) is 3.24. The second kappa shape index (κ2) is 5.42. The van der Waals surface area contributed by atoms with Gasteiger partial charge in [-0.05, 0) is 12.1 Å². The van der Waals surface area contributed by atoms with Crippen LogP contribution in [0.5, 0.6) is 5.75 Å². The molecule has 0 aliphatic carbocycles. The highest BCUT2D eigenvalue weighted by molar-refractivity contribution is 5.66. The fourth-order valence-corrected chi connectivity index (χ4v) is 2.26. The molecule has 1 fully saturated rings. The van der Waals surface area contributed by atoms with Crippen molar-refractivity contribution >= 4 is 0 Å². The molecule has 1 atom stereocenters. The lowest BCUT2D eigenvalue weighted by Gasteiger charge is -2.21. The van der Waals surface area contributed by atoms with E-state index in [-0.39, 0.29) is 6.04 Å². The molecule has 2 N–H and O–H groups in total. The molecule has 100 valence electrons. The first kappa shape index (κ1) is 12.2. The Morgan fingerprint density at radius 2 is 2.26 bits per heavy atom. The molecule has 2 heterocycles. The van der Waals surface area contributed by atoms with Gasteiger partial charge in [0, 0.05) is 12.1 Å². The number of rotatable bonds is 3. The number of aromatic nitrogens is 2. The number of nitrogens with one attached hydrogen (secondary N) is 2. The van der Waals surface area contributed by atoms with E-state index in [1.165, 1.54) is 0 Å². The monoisotopic (exact) mass is 259 g/mol. The molecule has 0 radical (unpaired) electrons. The summed E-state index contributed by atoms with van der Waals surface area (Å²) in [7, 11) is 1.67. The minimum atomic E-state index is 0.136. The van der Waals surface area contributed by atoms with E-state index in [1.54, 1.807) is 7.11 Å². The third-order valence-corrected chi connectivity index (χ3v) is 3.24. The Balaban J connectivity index is 1.88. The van der Waals surface area contributed by atoms with Crippen LogP contribution in [-0.4, -0.2) is 36.8 Å². The molecule has 19 heavy (non-hydrogen) atoms. The summed E-state index contributed by atoms with van der Waals surface area (Å²) in [6.07, 6.45) is 1.84. The predicted octanol–water partition coefficient (Wildman–Crippen LogP) is 1.75. The number of nitrogens with zero attached hydrogens (tertiary/aromatic N) is 1. The van der Waals surface area contributed by atoms with Crippen molar-refractivity contribution in [2.45, 2.75) is 6.04 Å². The van der Waals surface area contributed by atoms with Crippen LogP contribution >= 0.6 is 0 Å². The first-order valence-electron chi connectivity index (χ1n) is 6.38. The smallest absolute Gasteiger partial charge is 0.128 e. The first-order valence-corrected chi connectivity index (χ1v) is 6.38. The molecule has 3 rings (SSSR count). The number of H-pyrrole nitrogens is 1. The number of morpholine rings is 1. The maximum absolute atomic E-state index is 5.45. The Kier molecular flexibility index (Phi) is 3.48. The van der Waals surface area contributed by atoms with E-state index < -0.39 is 0 Å². The van der Waals surface area contributed by atoms with Crippen molar-refractivity contribution in [2.75, 3.05) is 26.9 Å². The van der Waals surface area contributed by atoms with Crippen LogP contribution < -0.4 is 10.1 Å². The van der Waals surface area contributed by atoms with Crippen LogP contribution in [-0.2, 0) is 4.74 Å². The molecule has 0 bridgehead atoms. The summed E-state index contributed by atoms with van der Waals surface area (Å²) in [5.74, 6) is 1.74. The number of aromatic amines is 1. The average molecular weight is 259 g/mol. The van der Waals surface area contributed by atoms with Gasteiger partial charge in [-0.2, -0.15) is 0 Å². The maximum atomic E-state index is 5.45. The minimum absolute atomic E-state index is 0.136. The molecule has 1 aromatic carbocycles. The molecule has 0 spiro atoms. The molecule has 5 nitrogen and oxygen atoms in total. The van der Waals surface area contributed by atoms with Crippen molar-refractivity contribution in [3.8, 4) is 17.0 Å². The standard InChI is InChI=1S/C14H17N3O2/c1-18-13-5-3-2-4-10(13)11-8-16-14(17-11)12-9-19-7-6-15-12/h2-5,8,12,15H,6-7,9H2,1H3,(H,16,17). The largest absolute Gasteiger partial charge is 0.496 e. The summed E-state index contributed by atoms with van der Waals surface area (Å²) in [4.78, 5) is 7.78. The molecule has 1 unspecified atom stereocenters. The molecule has 1 aliphatic rings. The van der Waals surface area contributed by atoms with Crippen LogP contribution in [0.4, 0.5) is 0 Å². The number of para-hydroxylation sites is 1. The fourth-order valence-electron chi connectivity index (χ4n) is 2.26. The van der Waals surface area contributed by atoms with Crippen molar-refractivity contribution < 1.29 is 9.47 Å². The summed E-state index contributed by atoms with van der Waals surface area (Å²) in [6, 6.07) is 8.03. The van der Waals surface area contributed by atoms with Crippen molar-refractivity contribution in [3.63, 3.8) is 0 Å². The van der Waals surface area contributed by atoms with Crippen LogP contribution in [0.25, 0.3) is 11.3 Å². The van der Waals surface area contributed by atoms with Gasteiger partial charge in [0.1, 0.15) is 11.6 Å². The van der Waals surface area contributed by atoms with E-state index in [2.05, 4.69) is 15.3 Å². The number of hydrogen-bond donors (Lipinski definition) is 2. The Labute approximate surface area is 112 Å². The normalized spacial score (nSPS) is 19.3. The number of hydrogen-bond acceptors (Lipinski definition) is 4. The zero-order valence-electron chi connectivity index (χ0n) is 10.8. The van der Waals surface area contributed by atoms with Crippen molar-refractivity contribution in [3.05, 3.63) is 36.3 Å². The van der Waals surface area contributed by atoms with Gasteiger partial charge in [-0.3, -0.25) is 0 Å². The van der Waals surface area contributed by atoms with E-state index >= 15 is 0 Å². The zero-order chi connectivity index (χ0) is 13.1. The number of benzene rings is 1. The Hall–Kier alpha value is -1.85. The van der Waals surface area contributed by atoms with Gasteiger partial charge >= 0.3 is 0 Å². The van der Waals surface area contributed by atoms with Gasteiger partial charge in [-0.1, -0.05) is 12.1 Å². The highest BCUT2D eigenvalue weighted by Gasteiger charge is 2.19. The van der Waals surface area contributed by atoms with E-state index in [9.17, 15) is 0 Å². The fraction of sp³-hybridized carbons (Fsp3) is 0.357. The molecule has 0 saturated carbocycles. The van der Waals surface area contributed by atoms with Crippen LogP contribution in [0.2, 0.25) is 0 Å². The van der Waals surface area contributed by atoms with Crippen molar-refractivity contribution in [1.82, 2.24) is 15.3 Å². The minimum Gasteiger partial charge on any atom is -0.496 e. The SMILES string of the molecule is COc1ccccc1-c1cnc(C2COCCN2)[nH]1. The van der Waals surface area contributed by atoms with Gasteiger partial charge in [0.15, 0.2) is 0 Å². The van der Waals surface area contributed by atoms with Gasteiger partial charge < -0.3 is 19.8 Å². The summed E-state index contributed by atoms with van der Waals surface area (Å²) in [5.41, 5.74) is 1.97. The lowest BCUT2D eigenvalue weighted by molar-refractivity contribution is 0.0745. The topological polar surface area (TPSA) is 59.2 Å². The average Bonchev–Trinajstić information content (AvgIpc) is 2.98. The van der Waals surface area contributed by atoms with Crippen LogP contribution in [0.3, 0.4) is 0 Å². The van der Waals surface area contributed by atoms with E-state index in [0.29, 0.717) is 6.61 Å². The van der Waals surface area contributed by atoms with E-state index in [0.717, 1.165) is 36.0 Å². The number of methoxy groups -OCH3 is 1. The van der Waals surface area contributed by atoms with Crippen molar-refractivity contribution in [1.29, 1.82) is 0 Å². The molecule has 5 heteroatoms. The quantitative estimate of drug-likeness (QED) is 0.881. The molecule has 1 aromatic heterocycles. The van der Waals surface area contributed by atoms with Crippen LogP contribution in [0, 0.1) is 0 Å². The van der Waals surface area contributed by atoms with Crippen molar-refractivity contribution in [2.24, 2.45) is 0 Å². The highest BCUT2D eigenvalue weighted by atomic mass is 16.5.